The molecule has 2 heteroatoms. The van der Waals surface area contributed by atoms with Gasteiger partial charge in [0.25, 0.3) is 0 Å². The fourth-order valence-corrected chi connectivity index (χ4v) is 2.31. The first-order valence-electron chi connectivity index (χ1n) is 6.63. The zero-order valence-electron chi connectivity index (χ0n) is 12.3. The monoisotopic (exact) mass is 242 g/mol. The van der Waals surface area contributed by atoms with Crippen LogP contribution in [0.4, 0.5) is 0 Å². The van der Waals surface area contributed by atoms with Crippen molar-refractivity contribution < 1.29 is 10.2 Å². The lowest BCUT2D eigenvalue weighted by atomic mass is 9.86. The van der Waals surface area contributed by atoms with Gasteiger partial charge in [-0.15, -0.1) is 0 Å². The van der Waals surface area contributed by atoms with Crippen LogP contribution in [0.15, 0.2) is 11.6 Å². The van der Waals surface area contributed by atoms with Crippen molar-refractivity contribution in [2.45, 2.75) is 73.0 Å². The number of rotatable bonds is 6. The first kappa shape index (κ1) is 16.7. The van der Waals surface area contributed by atoms with E-state index in [1.165, 1.54) is 5.57 Å². The SMILES string of the molecule is C/C(=C\C(C)CC(O)CC(C)(C)C)CC(C)O. The molecule has 2 N–H and O–H groups in total. The van der Waals surface area contributed by atoms with Crippen molar-refractivity contribution in [1.29, 1.82) is 0 Å². The Labute approximate surface area is 107 Å². The van der Waals surface area contributed by atoms with Crippen LogP contribution in [0.3, 0.4) is 0 Å². The Balaban J connectivity index is 4.12. The maximum atomic E-state index is 9.97. The molecule has 0 fully saturated rings. The summed E-state index contributed by atoms with van der Waals surface area (Å²) >= 11 is 0. The lowest BCUT2D eigenvalue weighted by Gasteiger charge is -2.23. The topological polar surface area (TPSA) is 40.5 Å². The molecule has 0 spiro atoms. The van der Waals surface area contributed by atoms with Gasteiger partial charge in [-0.05, 0) is 44.4 Å². The minimum absolute atomic E-state index is 0.178. The van der Waals surface area contributed by atoms with Gasteiger partial charge in [0.1, 0.15) is 0 Å². The number of aliphatic hydroxyl groups excluding tert-OH is 2. The molecule has 3 unspecified atom stereocenters. The van der Waals surface area contributed by atoms with Crippen LogP contribution in [0.25, 0.3) is 0 Å². The second-order valence-corrected chi connectivity index (χ2v) is 6.70. The van der Waals surface area contributed by atoms with Crippen LogP contribution in [0.1, 0.15) is 60.8 Å². The smallest absolute Gasteiger partial charge is 0.0550 e. The first-order chi connectivity index (χ1) is 7.60. The van der Waals surface area contributed by atoms with E-state index in [2.05, 4.69) is 33.8 Å². The van der Waals surface area contributed by atoms with Gasteiger partial charge >= 0.3 is 0 Å². The number of hydrogen-bond donors (Lipinski definition) is 2. The molecule has 17 heavy (non-hydrogen) atoms. The molecule has 0 aliphatic rings. The summed E-state index contributed by atoms with van der Waals surface area (Å²) in [6.07, 6.45) is 4.01. The summed E-state index contributed by atoms with van der Waals surface area (Å²) in [7, 11) is 0. The fourth-order valence-electron chi connectivity index (χ4n) is 2.31. The largest absolute Gasteiger partial charge is 0.393 e. The van der Waals surface area contributed by atoms with Crippen molar-refractivity contribution in [3.63, 3.8) is 0 Å². The van der Waals surface area contributed by atoms with Gasteiger partial charge in [0.2, 0.25) is 0 Å². The van der Waals surface area contributed by atoms with E-state index in [0.29, 0.717) is 5.92 Å². The van der Waals surface area contributed by atoms with Crippen molar-refractivity contribution in [1.82, 2.24) is 0 Å². The molecule has 3 atom stereocenters. The molecule has 0 aromatic heterocycles. The quantitative estimate of drug-likeness (QED) is 0.700. The van der Waals surface area contributed by atoms with Gasteiger partial charge in [0, 0.05) is 0 Å². The zero-order valence-corrected chi connectivity index (χ0v) is 12.3. The second kappa shape index (κ2) is 7.17. The highest BCUT2D eigenvalue weighted by atomic mass is 16.3. The number of hydrogen-bond acceptors (Lipinski definition) is 2. The highest BCUT2D eigenvalue weighted by Crippen LogP contribution is 2.24. The normalized spacial score (nSPS) is 18.9. The predicted molar refractivity (Wildman–Crippen MR) is 73.9 cm³/mol. The molecule has 0 aliphatic heterocycles. The zero-order chi connectivity index (χ0) is 13.6. The summed E-state index contributed by atoms with van der Waals surface area (Å²) in [5.74, 6) is 0.367. The lowest BCUT2D eigenvalue weighted by molar-refractivity contribution is 0.104. The van der Waals surface area contributed by atoms with Crippen LogP contribution in [0.2, 0.25) is 0 Å². The summed E-state index contributed by atoms with van der Waals surface area (Å²) in [6, 6.07) is 0. The van der Waals surface area contributed by atoms with Crippen LogP contribution < -0.4 is 0 Å². The van der Waals surface area contributed by atoms with E-state index < -0.39 is 0 Å². The van der Waals surface area contributed by atoms with Crippen molar-refractivity contribution in [2.75, 3.05) is 0 Å². The van der Waals surface area contributed by atoms with Crippen LogP contribution in [0.5, 0.6) is 0 Å². The van der Waals surface area contributed by atoms with Gasteiger partial charge in [-0.1, -0.05) is 39.3 Å². The van der Waals surface area contributed by atoms with Gasteiger partial charge in [-0.25, -0.2) is 0 Å². The Morgan fingerprint density at radius 1 is 1.18 bits per heavy atom. The molecule has 0 amide bonds. The molecule has 0 heterocycles. The molecule has 0 rings (SSSR count). The van der Waals surface area contributed by atoms with Crippen molar-refractivity contribution in [3.8, 4) is 0 Å². The van der Waals surface area contributed by atoms with E-state index in [1.54, 1.807) is 6.92 Å². The van der Waals surface area contributed by atoms with Gasteiger partial charge in [-0.3, -0.25) is 0 Å². The Bertz CT molecular complexity index is 236. The minimum atomic E-state index is -0.280. The van der Waals surface area contributed by atoms with Crippen molar-refractivity contribution in [2.24, 2.45) is 11.3 Å². The van der Waals surface area contributed by atoms with E-state index in [-0.39, 0.29) is 17.6 Å². The van der Waals surface area contributed by atoms with E-state index in [0.717, 1.165) is 19.3 Å². The Kier molecular flexibility index (Phi) is 7.03. The third-order valence-electron chi connectivity index (χ3n) is 2.68. The van der Waals surface area contributed by atoms with Gasteiger partial charge in [-0.2, -0.15) is 0 Å². The molecule has 0 aromatic rings. The summed E-state index contributed by atoms with van der Waals surface area (Å²) in [5.41, 5.74) is 1.38. The highest BCUT2D eigenvalue weighted by molar-refractivity contribution is 5.01. The molecule has 0 aromatic carbocycles. The molecule has 0 saturated heterocycles. The fraction of sp³-hybridized carbons (Fsp3) is 0.867. The summed E-state index contributed by atoms with van der Waals surface area (Å²) in [5, 5.41) is 19.3. The minimum Gasteiger partial charge on any atom is -0.393 e. The molecule has 0 saturated carbocycles. The van der Waals surface area contributed by atoms with Crippen LogP contribution in [-0.4, -0.2) is 22.4 Å². The maximum Gasteiger partial charge on any atom is 0.0550 e. The predicted octanol–water partition coefficient (Wildman–Crippen LogP) is 3.53. The molecule has 0 aliphatic carbocycles. The standard InChI is InChI=1S/C15H30O2/c1-11(8-13(3)16)7-12(2)9-14(17)10-15(4,5)6/h7,12-14,16-17H,8-10H2,1-6H3/b11-7+. The maximum absolute atomic E-state index is 9.97. The molecular formula is C15H30O2. The Morgan fingerprint density at radius 2 is 1.71 bits per heavy atom. The third-order valence-corrected chi connectivity index (χ3v) is 2.68. The average molecular weight is 242 g/mol. The van der Waals surface area contributed by atoms with Gasteiger partial charge in [0.05, 0.1) is 12.2 Å². The number of allylic oxidation sites excluding steroid dienone is 1. The van der Waals surface area contributed by atoms with Gasteiger partial charge in [0.15, 0.2) is 0 Å². The van der Waals surface area contributed by atoms with E-state index in [4.69, 9.17) is 0 Å². The summed E-state index contributed by atoms with van der Waals surface area (Å²) in [6.45, 7) is 12.4. The molecule has 102 valence electrons. The Hall–Kier alpha value is -0.340. The first-order valence-corrected chi connectivity index (χ1v) is 6.63. The Morgan fingerprint density at radius 3 is 2.12 bits per heavy atom. The van der Waals surface area contributed by atoms with E-state index >= 15 is 0 Å². The summed E-state index contributed by atoms with van der Waals surface area (Å²) < 4.78 is 0. The van der Waals surface area contributed by atoms with Crippen molar-refractivity contribution >= 4 is 0 Å². The van der Waals surface area contributed by atoms with Crippen LogP contribution in [-0.2, 0) is 0 Å². The highest BCUT2D eigenvalue weighted by Gasteiger charge is 2.18. The van der Waals surface area contributed by atoms with E-state index in [1.807, 2.05) is 6.92 Å². The molecule has 0 radical (unpaired) electrons. The van der Waals surface area contributed by atoms with Crippen molar-refractivity contribution in [3.05, 3.63) is 11.6 Å². The van der Waals surface area contributed by atoms with Crippen LogP contribution >= 0.6 is 0 Å². The third kappa shape index (κ3) is 10.5. The molecular weight excluding hydrogens is 212 g/mol. The lowest BCUT2D eigenvalue weighted by Crippen LogP contribution is -2.19. The summed E-state index contributed by atoms with van der Waals surface area (Å²) in [4.78, 5) is 0. The molecule has 2 nitrogen and oxygen atoms in total. The van der Waals surface area contributed by atoms with Gasteiger partial charge < -0.3 is 10.2 Å². The second-order valence-electron chi connectivity index (χ2n) is 6.70. The average Bonchev–Trinajstić information content (AvgIpc) is 1.95. The number of aliphatic hydroxyl groups is 2. The molecule has 0 bridgehead atoms. The van der Waals surface area contributed by atoms with Crippen LogP contribution in [0, 0.1) is 11.3 Å². The van der Waals surface area contributed by atoms with E-state index in [9.17, 15) is 10.2 Å².